The third kappa shape index (κ3) is 12.9. The molecule has 0 heterocycles. The third-order valence-electron chi connectivity index (χ3n) is 7.89. The zero-order valence-corrected chi connectivity index (χ0v) is 30.9. The quantitative estimate of drug-likeness (QED) is 0.0961. The van der Waals surface area contributed by atoms with Gasteiger partial charge in [-0.1, -0.05) is 62.0 Å². The predicted octanol–water partition coefficient (Wildman–Crippen LogP) is 5.93. The Hall–Kier alpha value is -5.48. The highest BCUT2D eigenvalue weighted by Crippen LogP contribution is 2.26. The molecular weight excluding hydrogens is 725 g/mol. The van der Waals surface area contributed by atoms with Gasteiger partial charge in [0.25, 0.3) is 5.69 Å². The molecule has 4 rings (SSSR count). The van der Waals surface area contributed by atoms with Crippen LogP contribution < -0.4 is 5.73 Å². The molecule has 0 spiro atoms. The molecule has 2 amide bonds. The van der Waals surface area contributed by atoms with Crippen LogP contribution in [0.3, 0.4) is 0 Å². The number of rotatable bonds is 13. The molecule has 53 heavy (non-hydrogen) atoms. The fraction of sp³-hybridized carbons (Fsp3) is 0.297. The average molecular weight is 771 g/mol. The summed E-state index contributed by atoms with van der Waals surface area (Å²) in [5.74, 6) is -0.641. The molecule has 2 N–H and O–H groups in total. The van der Waals surface area contributed by atoms with E-state index in [1.165, 1.54) is 48.3 Å². The number of nitrogen functional groups attached to an aromatic ring is 1. The number of sulfone groups is 2. The van der Waals surface area contributed by atoms with Crippen molar-refractivity contribution >= 4 is 43.2 Å². The maximum atomic E-state index is 12.6. The van der Waals surface area contributed by atoms with Crippen LogP contribution in [0.15, 0.2) is 107 Å². The van der Waals surface area contributed by atoms with Crippen molar-refractivity contribution in [1.29, 1.82) is 0 Å². The van der Waals surface area contributed by atoms with E-state index in [0.29, 0.717) is 42.7 Å². The number of hydrogen-bond acceptors (Lipinski definition) is 11. The Morgan fingerprint density at radius 2 is 1.08 bits per heavy atom. The Morgan fingerprint density at radius 1 is 0.679 bits per heavy atom. The molecule has 14 nitrogen and oxygen atoms in total. The lowest BCUT2D eigenvalue weighted by atomic mass is 10.1. The number of nitrogens with zero attached hydrogens (tertiary/aromatic N) is 3. The van der Waals surface area contributed by atoms with Gasteiger partial charge >= 0.3 is 12.2 Å². The zero-order chi connectivity index (χ0) is 38.5. The van der Waals surface area contributed by atoms with Crippen molar-refractivity contribution in [1.82, 2.24) is 9.80 Å². The van der Waals surface area contributed by atoms with Crippen molar-refractivity contribution in [2.24, 2.45) is 0 Å². The summed E-state index contributed by atoms with van der Waals surface area (Å²) in [6, 6.07) is 25.8. The summed E-state index contributed by atoms with van der Waals surface area (Å²) in [7, 11) is -1.38. The van der Waals surface area contributed by atoms with Gasteiger partial charge in [-0.15, -0.1) is 0 Å². The standard InChI is InChI=1S/C18H20N2O6S.C18H22N2O4S.CH4/c1-19(18(21)26-2)11-10-14-8-9-17(20(22)23)15(12-14)13-27(24,25)16-6-4-3-5-7-16;1-20(18(21)24-2)11-10-14-8-9-17(19)15(12-14)13-25(22,23)16-6-4-3-5-7-16;/h3-9,12H,10-11,13H2,1-2H3;3-9,12H,10-11,13,19H2,1-2H3;1H4. The molecule has 0 aliphatic heterocycles. The van der Waals surface area contributed by atoms with Crippen LogP contribution in [0, 0.1) is 10.1 Å². The van der Waals surface area contributed by atoms with E-state index in [9.17, 15) is 36.5 Å². The van der Waals surface area contributed by atoms with Gasteiger partial charge in [-0.2, -0.15) is 0 Å². The van der Waals surface area contributed by atoms with Crippen LogP contribution in [0.25, 0.3) is 0 Å². The molecule has 16 heteroatoms. The third-order valence-corrected chi connectivity index (χ3v) is 11.3. The van der Waals surface area contributed by atoms with Crippen molar-refractivity contribution in [2.45, 2.75) is 41.6 Å². The summed E-state index contributed by atoms with van der Waals surface area (Å²) in [4.78, 5) is 36.7. The van der Waals surface area contributed by atoms with E-state index in [1.807, 2.05) is 6.07 Å². The molecule has 0 saturated carbocycles. The second-order valence-electron chi connectivity index (χ2n) is 11.7. The molecule has 286 valence electrons. The molecule has 4 aromatic rings. The van der Waals surface area contributed by atoms with Crippen molar-refractivity contribution in [3.05, 3.63) is 129 Å². The number of methoxy groups -OCH3 is 2. The van der Waals surface area contributed by atoms with E-state index in [4.69, 9.17) is 5.73 Å². The second-order valence-corrected chi connectivity index (χ2v) is 15.7. The van der Waals surface area contributed by atoms with Crippen molar-refractivity contribution in [2.75, 3.05) is 47.1 Å². The molecule has 0 saturated heterocycles. The average Bonchev–Trinajstić information content (AvgIpc) is 3.14. The predicted molar refractivity (Wildman–Crippen MR) is 203 cm³/mol. The monoisotopic (exact) mass is 770 g/mol. The molecule has 0 bridgehead atoms. The van der Waals surface area contributed by atoms with Gasteiger partial charge in [-0.25, -0.2) is 26.4 Å². The van der Waals surface area contributed by atoms with Gasteiger partial charge < -0.3 is 25.0 Å². The fourth-order valence-corrected chi connectivity index (χ4v) is 7.72. The maximum Gasteiger partial charge on any atom is 0.409 e. The van der Waals surface area contributed by atoms with Gasteiger partial charge in [-0.05, 0) is 65.9 Å². The maximum absolute atomic E-state index is 12.6. The minimum absolute atomic E-state index is 0. The molecule has 0 aliphatic carbocycles. The van der Waals surface area contributed by atoms with Crippen molar-refractivity contribution < 1.29 is 40.8 Å². The Balaban J connectivity index is 0.000000361. The van der Waals surface area contributed by atoms with Gasteiger partial charge in [0, 0.05) is 44.5 Å². The molecule has 0 unspecified atom stereocenters. The summed E-state index contributed by atoms with van der Waals surface area (Å²) in [6.45, 7) is 0.789. The number of hydrogen-bond donors (Lipinski definition) is 1. The number of ether oxygens (including phenoxy) is 2. The summed E-state index contributed by atoms with van der Waals surface area (Å²) >= 11 is 0. The summed E-state index contributed by atoms with van der Waals surface area (Å²) in [6.07, 6.45) is 0.0674. The van der Waals surface area contributed by atoms with Crippen molar-refractivity contribution in [3.8, 4) is 0 Å². The Kier molecular flexibility index (Phi) is 16.4. The van der Waals surface area contributed by atoms with E-state index >= 15 is 0 Å². The minimum atomic E-state index is -3.72. The molecular formula is C37H46N4O10S2. The molecule has 0 atom stereocenters. The lowest BCUT2D eigenvalue weighted by molar-refractivity contribution is -0.385. The first-order valence-electron chi connectivity index (χ1n) is 15.8. The first-order chi connectivity index (χ1) is 24.6. The van der Waals surface area contributed by atoms with E-state index in [1.54, 1.807) is 80.8 Å². The molecule has 0 radical (unpaired) electrons. The smallest absolute Gasteiger partial charge is 0.409 e. The highest BCUT2D eigenvalue weighted by atomic mass is 32.2. The number of nitrogens with two attached hydrogens (primary N) is 1. The van der Waals surface area contributed by atoms with Gasteiger partial charge in [0.15, 0.2) is 19.7 Å². The largest absolute Gasteiger partial charge is 0.453 e. The van der Waals surface area contributed by atoms with Crippen LogP contribution >= 0.6 is 0 Å². The highest BCUT2D eigenvalue weighted by Gasteiger charge is 2.23. The Bertz CT molecular complexity index is 2060. The summed E-state index contributed by atoms with van der Waals surface area (Å²) in [5.41, 5.74) is 8.40. The molecule has 0 aliphatic rings. The van der Waals surface area contributed by atoms with Crippen LogP contribution in [0.2, 0.25) is 0 Å². The van der Waals surface area contributed by atoms with E-state index in [0.717, 1.165) is 5.56 Å². The normalized spacial score (nSPS) is 10.9. The number of anilines is 1. The van der Waals surface area contributed by atoms with Gasteiger partial charge in [0.1, 0.15) is 0 Å². The number of nitro groups is 1. The topological polar surface area (TPSA) is 197 Å². The fourth-order valence-electron chi connectivity index (χ4n) is 4.95. The van der Waals surface area contributed by atoms with Crippen LogP contribution in [-0.2, 0) is 53.5 Å². The Labute approximate surface area is 311 Å². The summed E-state index contributed by atoms with van der Waals surface area (Å²) in [5, 5.41) is 11.3. The number of likely N-dealkylation sites (N-methyl/N-ethyl adjacent to an activating group) is 2. The highest BCUT2D eigenvalue weighted by molar-refractivity contribution is 7.91. The number of amides is 2. The lowest BCUT2D eigenvalue weighted by Crippen LogP contribution is -2.28. The number of benzene rings is 4. The minimum Gasteiger partial charge on any atom is -0.453 e. The summed E-state index contributed by atoms with van der Waals surface area (Å²) < 4.78 is 59.5. The molecule has 0 fully saturated rings. The van der Waals surface area contributed by atoms with Gasteiger partial charge in [0.05, 0.1) is 40.4 Å². The van der Waals surface area contributed by atoms with Crippen LogP contribution in [-0.4, -0.2) is 85.1 Å². The van der Waals surface area contributed by atoms with E-state index < -0.39 is 42.5 Å². The number of carbonyl (C=O) groups is 2. The molecule has 0 aromatic heterocycles. The van der Waals surface area contributed by atoms with E-state index in [-0.39, 0.29) is 34.2 Å². The van der Waals surface area contributed by atoms with Gasteiger partial charge in [0.2, 0.25) is 0 Å². The van der Waals surface area contributed by atoms with Crippen LogP contribution in [0.1, 0.15) is 29.7 Å². The number of nitro benzene ring substituents is 1. The van der Waals surface area contributed by atoms with E-state index in [2.05, 4.69) is 9.47 Å². The number of carbonyl (C=O) groups excluding carboxylic acids is 2. The lowest BCUT2D eigenvalue weighted by Gasteiger charge is -2.16. The first kappa shape index (κ1) is 43.7. The SMILES string of the molecule is C.COC(=O)N(C)CCc1ccc(N)c(CS(=O)(=O)c2ccccc2)c1.COC(=O)N(C)CCc1ccc([N+](=O)[O-])c(CS(=O)(=O)c2ccccc2)c1. The second kappa shape index (κ2) is 19.9. The van der Waals surface area contributed by atoms with Crippen molar-refractivity contribution in [3.63, 3.8) is 0 Å². The first-order valence-corrected chi connectivity index (χ1v) is 19.2. The van der Waals surface area contributed by atoms with Gasteiger partial charge in [-0.3, -0.25) is 10.1 Å². The Morgan fingerprint density at radius 3 is 1.49 bits per heavy atom. The molecule has 4 aromatic carbocycles. The van der Waals surface area contributed by atoms with Crippen LogP contribution in [0.5, 0.6) is 0 Å². The zero-order valence-electron chi connectivity index (χ0n) is 29.3. The van der Waals surface area contributed by atoms with Crippen LogP contribution in [0.4, 0.5) is 21.0 Å².